The van der Waals surface area contributed by atoms with Crippen molar-refractivity contribution >= 4 is 12.0 Å². The number of aliphatic carboxylic acids is 1. The SMILES string of the molecule is CNCCN(C)C(=O)N1Cc2ccccc2CC1C(=O)O. The first-order valence-electron chi connectivity index (χ1n) is 7.00. The number of carbonyl (C=O) groups excluding carboxylic acids is 1. The fourth-order valence-corrected chi connectivity index (χ4v) is 2.54. The van der Waals surface area contributed by atoms with Gasteiger partial charge < -0.3 is 20.2 Å². The van der Waals surface area contributed by atoms with Gasteiger partial charge in [0.1, 0.15) is 6.04 Å². The highest BCUT2D eigenvalue weighted by molar-refractivity contribution is 5.83. The zero-order valence-corrected chi connectivity index (χ0v) is 12.4. The van der Waals surface area contributed by atoms with Crippen LogP contribution in [-0.2, 0) is 17.8 Å². The Morgan fingerprint density at radius 2 is 2.05 bits per heavy atom. The third-order valence-corrected chi connectivity index (χ3v) is 3.80. The number of carboxylic acids is 1. The van der Waals surface area contributed by atoms with E-state index in [1.807, 2.05) is 31.3 Å². The zero-order valence-electron chi connectivity index (χ0n) is 12.4. The summed E-state index contributed by atoms with van der Waals surface area (Å²) in [6.07, 6.45) is 0.358. The van der Waals surface area contributed by atoms with Crippen LogP contribution in [0.15, 0.2) is 24.3 Å². The normalized spacial score (nSPS) is 17.2. The highest BCUT2D eigenvalue weighted by atomic mass is 16.4. The summed E-state index contributed by atoms with van der Waals surface area (Å²) in [6, 6.07) is 6.64. The van der Waals surface area contributed by atoms with E-state index in [0.717, 1.165) is 11.1 Å². The maximum atomic E-state index is 12.5. The minimum absolute atomic E-state index is 0.243. The van der Waals surface area contributed by atoms with Crippen LogP contribution in [0.4, 0.5) is 4.79 Å². The molecule has 1 unspecified atom stereocenters. The first-order chi connectivity index (χ1) is 10.0. The number of amides is 2. The van der Waals surface area contributed by atoms with Gasteiger partial charge in [-0.15, -0.1) is 0 Å². The summed E-state index contributed by atoms with van der Waals surface area (Å²) in [5.41, 5.74) is 2.03. The van der Waals surface area contributed by atoms with Crippen molar-refractivity contribution in [2.24, 2.45) is 0 Å². The number of nitrogens with one attached hydrogen (secondary N) is 1. The van der Waals surface area contributed by atoms with Crippen molar-refractivity contribution in [3.8, 4) is 0 Å². The third kappa shape index (κ3) is 3.33. The second-order valence-corrected chi connectivity index (χ2v) is 5.26. The minimum Gasteiger partial charge on any atom is -0.480 e. The summed E-state index contributed by atoms with van der Waals surface area (Å²) in [6.45, 7) is 1.56. The summed E-state index contributed by atoms with van der Waals surface area (Å²) in [5.74, 6) is -0.958. The number of rotatable bonds is 4. The molecule has 2 rings (SSSR count). The van der Waals surface area contributed by atoms with E-state index in [-0.39, 0.29) is 6.03 Å². The molecule has 1 aromatic rings. The summed E-state index contributed by atoms with van der Waals surface area (Å²) in [7, 11) is 3.51. The van der Waals surface area contributed by atoms with E-state index in [9.17, 15) is 14.7 Å². The number of urea groups is 1. The zero-order chi connectivity index (χ0) is 15.4. The van der Waals surface area contributed by atoms with Crippen LogP contribution < -0.4 is 5.32 Å². The lowest BCUT2D eigenvalue weighted by molar-refractivity contribution is -0.142. The van der Waals surface area contributed by atoms with Gasteiger partial charge in [-0.1, -0.05) is 24.3 Å². The molecular weight excluding hydrogens is 270 g/mol. The first-order valence-corrected chi connectivity index (χ1v) is 7.00. The van der Waals surface area contributed by atoms with Gasteiger partial charge in [-0.2, -0.15) is 0 Å². The maximum Gasteiger partial charge on any atom is 0.326 e. The molecule has 6 heteroatoms. The number of likely N-dealkylation sites (N-methyl/N-ethyl adjacent to an activating group) is 2. The van der Waals surface area contributed by atoms with E-state index in [2.05, 4.69) is 5.32 Å². The molecule has 1 aliphatic heterocycles. The van der Waals surface area contributed by atoms with E-state index in [4.69, 9.17) is 0 Å². The summed E-state index contributed by atoms with van der Waals surface area (Å²) in [5, 5.41) is 12.4. The van der Waals surface area contributed by atoms with Crippen LogP contribution in [0.2, 0.25) is 0 Å². The molecular formula is C15H21N3O3. The Kier molecular flexibility index (Phi) is 4.80. The van der Waals surface area contributed by atoms with E-state index in [1.165, 1.54) is 4.90 Å². The van der Waals surface area contributed by atoms with Gasteiger partial charge in [0.2, 0.25) is 0 Å². The number of carbonyl (C=O) groups is 2. The summed E-state index contributed by atoms with van der Waals surface area (Å²) in [4.78, 5) is 27.0. The Balaban J connectivity index is 2.20. The van der Waals surface area contributed by atoms with Gasteiger partial charge in [0.25, 0.3) is 0 Å². The molecule has 0 saturated heterocycles. The molecule has 21 heavy (non-hydrogen) atoms. The topological polar surface area (TPSA) is 72.9 Å². The molecule has 2 N–H and O–H groups in total. The molecule has 0 spiro atoms. The summed E-state index contributed by atoms with van der Waals surface area (Å²) >= 11 is 0. The van der Waals surface area contributed by atoms with Crippen LogP contribution in [0.3, 0.4) is 0 Å². The Labute approximate surface area is 124 Å². The van der Waals surface area contributed by atoms with Gasteiger partial charge >= 0.3 is 12.0 Å². The Morgan fingerprint density at radius 3 is 2.67 bits per heavy atom. The van der Waals surface area contributed by atoms with Crippen LogP contribution >= 0.6 is 0 Å². The van der Waals surface area contributed by atoms with Gasteiger partial charge in [-0.3, -0.25) is 0 Å². The van der Waals surface area contributed by atoms with Crippen molar-refractivity contribution in [2.75, 3.05) is 27.2 Å². The molecule has 1 atom stereocenters. The van der Waals surface area contributed by atoms with E-state index in [0.29, 0.717) is 26.1 Å². The molecule has 0 bridgehead atoms. The van der Waals surface area contributed by atoms with E-state index < -0.39 is 12.0 Å². The smallest absolute Gasteiger partial charge is 0.326 e. The number of carboxylic acid groups (broad SMARTS) is 1. The average Bonchev–Trinajstić information content (AvgIpc) is 2.50. The van der Waals surface area contributed by atoms with Crippen LogP contribution in [0.5, 0.6) is 0 Å². The molecule has 0 saturated carbocycles. The lowest BCUT2D eigenvalue weighted by Gasteiger charge is -2.36. The molecule has 0 aromatic heterocycles. The van der Waals surface area contributed by atoms with Gasteiger partial charge in [0.05, 0.1) is 0 Å². The Morgan fingerprint density at radius 1 is 1.38 bits per heavy atom. The minimum atomic E-state index is -0.958. The molecule has 1 heterocycles. The third-order valence-electron chi connectivity index (χ3n) is 3.80. The van der Waals surface area contributed by atoms with Gasteiger partial charge in [0.15, 0.2) is 0 Å². The van der Waals surface area contributed by atoms with Crippen molar-refractivity contribution < 1.29 is 14.7 Å². The Hall–Kier alpha value is -2.08. The van der Waals surface area contributed by atoms with Crippen LogP contribution in [0.1, 0.15) is 11.1 Å². The Bertz CT molecular complexity index is 533. The largest absolute Gasteiger partial charge is 0.480 e. The second kappa shape index (κ2) is 6.58. The highest BCUT2D eigenvalue weighted by Crippen LogP contribution is 2.24. The standard InChI is InChI=1S/C15H21N3O3/c1-16-7-8-17(2)15(21)18-10-12-6-4-3-5-11(12)9-13(18)14(19)20/h3-6,13,16H,7-10H2,1-2H3,(H,19,20). The maximum absolute atomic E-state index is 12.5. The van der Waals surface area contributed by atoms with Gasteiger partial charge in [0, 0.05) is 33.1 Å². The monoisotopic (exact) mass is 291 g/mol. The molecule has 0 aliphatic carbocycles. The quantitative estimate of drug-likeness (QED) is 0.859. The van der Waals surface area contributed by atoms with Crippen molar-refractivity contribution in [3.05, 3.63) is 35.4 Å². The van der Waals surface area contributed by atoms with Crippen LogP contribution in [-0.4, -0.2) is 60.1 Å². The van der Waals surface area contributed by atoms with Crippen LogP contribution in [0, 0.1) is 0 Å². The lowest BCUT2D eigenvalue weighted by atomic mass is 9.94. The van der Waals surface area contributed by atoms with E-state index in [1.54, 1.807) is 11.9 Å². The van der Waals surface area contributed by atoms with E-state index >= 15 is 0 Å². The van der Waals surface area contributed by atoms with Gasteiger partial charge in [-0.05, 0) is 18.2 Å². The van der Waals surface area contributed by atoms with Gasteiger partial charge in [-0.25, -0.2) is 9.59 Å². The molecule has 1 aliphatic rings. The predicted octanol–water partition coefficient (Wildman–Crippen LogP) is 0.769. The molecule has 2 amide bonds. The van der Waals surface area contributed by atoms with Crippen LogP contribution in [0.25, 0.3) is 0 Å². The first kappa shape index (κ1) is 15.3. The van der Waals surface area contributed by atoms with Crippen molar-refractivity contribution in [3.63, 3.8) is 0 Å². The predicted molar refractivity (Wildman–Crippen MR) is 79.1 cm³/mol. The molecule has 0 radical (unpaired) electrons. The lowest BCUT2D eigenvalue weighted by Crippen LogP contribution is -2.53. The van der Waals surface area contributed by atoms with Crippen molar-refractivity contribution in [1.29, 1.82) is 0 Å². The second-order valence-electron chi connectivity index (χ2n) is 5.26. The number of hydrogen-bond donors (Lipinski definition) is 2. The van der Waals surface area contributed by atoms with Crippen molar-refractivity contribution in [2.45, 2.75) is 19.0 Å². The molecule has 0 fully saturated rings. The summed E-state index contributed by atoms with van der Waals surface area (Å²) < 4.78 is 0. The van der Waals surface area contributed by atoms with Crippen molar-refractivity contribution in [1.82, 2.24) is 15.1 Å². The number of nitrogens with zero attached hydrogens (tertiary/aromatic N) is 2. The highest BCUT2D eigenvalue weighted by Gasteiger charge is 2.35. The number of fused-ring (bicyclic) bond motifs is 1. The number of benzene rings is 1. The molecule has 6 nitrogen and oxygen atoms in total. The molecule has 114 valence electrons. The number of hydrogen-bond acceptors (Lipinski definition) is 3. The fourth-order valence-electron chi connectivity index (χ4n) is 2.54. The fraction of sp³-hybridized carbons (Fsp3) is 0.467. The molecule has 1 aromatic carbocycles. The average molecular weight is 291 g/mol.